The number of aliphatic hydroxyl groups is 1. The first kappa shape index (κ1) is 12.7. The summed E-state index contributed by atoms with van der Waals surface area (Å²) in [6.45, 7) is 4.41. The lowest BCUT2D eigenvalue weighted by Gasteiger charge is -2.35. The molecule has 0 unspecified atom stereocenters. The largest absolute Gasteiger partial charge is 0.396 e. The number of aliphatic hydroxyl groups excluding tert-OH is 1. The first-order valence-electron chi connectivity index (χ1n) is 7.01. The number of fused-ring (bicyclic) bond motifs is 1. The highest BCUT2D eigenvalue weighted by Gasteiger charge is 2.21. The van der Waals surface area contributed by atoms with E-state index in [9.17, 15) is 5.11 Å². The molecule has 0 spiro atoms. The molecule has 1 aliphatic rings. The number of nitrogens with one attached hydrogen (secondary N) is 2. The van der Waals surface area contributed by atoms with Gasteiger partial charge in [0.25, 0.3) is 0 Å². The smallest absolute Gasteiger partial charge is 0.0454 e. The van der Waals surface area contributed by atoms with Crippen LogP contribution < -0.4 is 5.32 Å². The lowest BCUT2D eigenvalue weighted by molar-refractivity contribution is 0.141. The van der Waals surface area contributed by atoms with Crippen molar-refractivity contribution in [3.8, 4) is 0 Å². The van der Waals surface area contributed by atoms with Gasteiger partial charge in [0, 0.05) is 50.5 Å². The lowest BCUT2D eigenvalue weighted by atomic mass is 10.00. The minimum absolute atomic E-state index is 0.236. The Kier molecular flexibility index (Phi) is 3.82. The van der Waals surface area contributed by atoms with Crippen LogP contribution in [-0.4, -0.2) is 47.8 Å². The van der Waals surface area contributed by atoms with Crippen molar-refractivity contribution in [2.75, 3.05) is 32.8 Å². The molecule has 102 valence electrons. The summed E-state index contributed by atoms with van der Waals surface area (Å²) in [7, 11) is 0. The van der Waals surface area contributed by atoms with Crippen molar-refractivity contribution in [1.29, 1.82) is 0 Å². The van der Waals surface area contributed by atoms with Gasteiger partial charge in [0.1, 0.15) is 0 Å². The molecule has 2 aromatic rings. The van der Waals surface area contributed by atoms with Crippen molar-refractivity contribution >= 4 is 10.9 Å². The minimum Gasteiger partial charge on any atom is -0.396 e. The van der Waals surface area contributed by atoms with Gasteiger partial charge in [-0.1, -0.05) is 6.07 Å². The standard InChI is InChI=1S/C15H21N3O/c19-10-4-15(18-8-6-16-7-9-18)13-1-2-14-12(11-13)3-5-17-14/h1-3,5,11,15-17,19H,4,6-10H2/t15-/m1/s1. The molecule has 19 heavy (non-hydrogen) atoms. The van der Waals surface area contributed by atoms with Crippen molar-refractivity contribution in [2.24, 2.45) is 0 Å². The average molecular weight is 259 g/mol. The Balaban J connectivity index is 1.88. The van der Waals surface area contributed by atoms with E-state index in [1.165, 1.54) is 16.5 Å². The molecule has 0 amide bonds. The maximum atomic E-state index is 9.35. The monoisotopic (exact) mass is 259 g/mol. The van der Waals surface area contributed by atoms with Crippen LogP contribution >= 0.6 is 0 Å². The third-order valence-electron chi connectivity index (χ3n) is 3.96. The zero-order chi connectivity index (χ0) is 13.1. The van der Waals surface area contributed by atoms with Gasteiger partial charge in [-0.25, -0.2) is 0 Å². The van der Waals surface area contributed by atoms with Crippen molar-refractivity contribution in [3.05, 3.63) is 36.0 Å². The van der Waals surface area contributed by atoms with Gasteiger partial charge in [0.15, 0.2) is 0 Å². The summed E-state index contributed by atoms with van der Waals surface area (Å²) in [6, 6.07) is 8.99. The van der Waals surface area contributed by atoms with Crippen LogP contribution in [0.5, 0.6) is 0 Å². The molecular weight excluding hydrogens is 238 g/mol. The van der Waals surface area contributed by atoms with E-state index in [2.05, 4.69) is 39.5 Å². The third-order valence-corrected chi connectivity index (χ3v) is 3.96. The second-order valence-electron chi connectivity index (χ2n) is 5.14. The highest BCUT2D eigenvalue weighted by molar-refractivity contribution is 5.80. The van der Waals surface area contributed by atoms with E-state index in [4.69, 9.17) is 0 Å². The molecule has 4 heteroatoms. The Labute approximate surface area is 113 Å². The van der Waals surface area contributed by atoms with E-state index >= 15 is 0 Å². The summed E-state index contributed by atoms with van der Waals surface area (Å²) in [5.41, 5.74) is 2.48. The van der Waals surface area contributed by atoms with E-state index in [-0.39, 0.29) is 6.61 Å². The fourth-order valence-electron chi connectivity index (χ4n) is 2.96. The molecule has 4 nitrogen and oxygen atoms in total. The van der Waals surface area contributed by atoms with E-state index in [1.807, 2.05) is 6.20 Å². The normalized spacial score (nSPS) is 18.8. The van der Waals surface area contributed by atoms with E-state index in [0.29, 0.717) is 6.04 Å². The molecule has 0 aliphatic carbocycles. The van der Waals surface area contributed by atoms with Crippen LogP contribution in [0.25, 0.3) is 10.9 Å². The number of hydrogen-bond acceptors (Lipinski definition) is 3. The third kappa shape index (κ3) is 2.66. The molecule has 3 N–H and O–H groups in total. The highest BCUT2D eigenvalue weighted by atomic mass is 16.3. The summed E-state index contributed by atoms with van der Waals surface area (Å²) < 4.78 is 0. The number of H-pyrrole nitrogens is 1. The van der Waals surface area contributed by atoms with Crippen LogP contribution in [0, 0.1) is 0 Å². The Morgan fingerprint density at radius 1 is 1.21 bits per heavy atom. The fourth-order valence-corrected chi connectivity index (χ4v) is 2.96. The van der Waals surface area contributed by atoms with E-state index < -0.39 is 0 Å². The molecule has 1 aliphatic heterocycles. The van der Waals surface area contributed by atoms with Gasteiger partial charge >= 0.3 is 0 Å². The first-order valence-corrected chi connectivity index (χ1v) is 7.01. The predicted octanol–water partition coefficient (Wildman–Crippen LogP) is 1.50. The predicted molar refractivity (Wildman–Crippen MR) is 77.2 cm³/mol. The number of aromatic amines is 1. The summed E-state index contributed by atoms with van der Waals surface area (Å²) in [4.78, 5) is 5.70. The van der Waals surface area contributed by atoms with Gasteiger partial charge < -0.3 is 15.4 Å². The maximum Gasteiger partial charge on any atom is 0.0454 e. The van der Waals surface area contributed by atoms with Crippen LogP contribution in [0.2, 0.25) is 0 Å². The summed E-state index contributed by atoms with van der Waals surface area (Å²) >= 11 is 0. The lowest BCUT2D eigenvalue weighted by Crippen LogP contribution is -2.45. The van der Waals surface area contributed by atoms with Crippen LogP contribution in [0.1, 0.15) is 18.0 Å². The molecule has 1 atom stereocenters. The van der Waals surface area contributed by atoms with Crippen LogP contribution in [0.15, 0.2) is 30.5 Å². The second kappa shape index (κ2) is 5.74. The number of rotatable bonds is 4. The highest BCUT2D eigenvalue weighted by Crippen LogP contribution is 2.27. The molecule has 1 saturated heterocycles. The molecule has 1 aromatic carbocycles. The topological polar surface area (TPSA) is 51.3 Å². The van der Waals surface area contributed by atoms with Gasteiger partial charge in [-0.15, -0.1) is 0 Å². The van der Waals surface area contributed by atoms with E-state index in [0.717, 1.165) is 32.6 Å². The Bertz CT molecular complexity index is 531. The number of piperazine rings is 1. The van der Waals surface area contributed by atoms with E-state index in [1.54, 1.807) is 0 Å². The molecule has 2 heterocycles. The Morgan fingerprint density at radius 3 is 2.84 bits per heavy atom. The van der Waals surface area contributed by atoms with Crippen molar-refractivity contribution < 1.29 is 5.11 Å². The SMILES string of the molecule is OCC[C@H](c1ccc2[nH]ccc2c1)N1CCNCC1. The maximum absolute atomic E-state index is 9.35. The van der Waals surface area contributed by atoms with Crippen LogP contribution in [0.4, 0.5) is 0 Å². The fraction of sp³-hybridized carbons (Fsp3) is 0.467. The first-order chi connectivity index (χ1) is 9.38. The molecular formula is C15H21N3O. The van der Waals surface area contributed by atoms with Crippen molar-refractivity contribution in [3.63, 3.8) is 0 Å². The van der Waals surface area contributed by atoms with Crippen molar-refractivity contribution in [2.45, 2.75) is 12.5 Å². The van der Waals surface area contributed by atoms with Gasteiger partial charge in [-0.3, -0.25) is 4.90 Å². The molecule has 3 rings (SSSR count). The van der Waals surface area contributed by atoms with Crippen LogP contribution in [-0.2, 0) is 0 Å². The quantitative estimate of drug-likeness (QED) is 0.780. The van der Waals surface area contributed by atoms with Gasteiger partial charge in [-0.2, -0.15) is 0 Å². The number of hydrogen-bond donors (Lipinski definition) is 3. The number of benzene rings is 1. The zero-order valence-corrected chi connectivity index (χ0v) is 11.1. The molecule has 1 aromatic heterocycles. The minimum atomic E-state index is 0.236. The molecule has 0 bridgehead atoms. The van der Waals surface area contributed by atoms with Gasteiger partial charge in [0.2, 0.25) is 0 Å². The molecule has 0 saturated carbocycles. The Hall–Kier alpha value is -1.36. The van der Waals surface area contributed by atoms with Crippen molar-refractivity contribution in [1.82, 2.24) is 15.2 Å². The molecule has 1 fully saturated rings. The van der Waals surface area contributed by atoms with Crippen LogP contribution in [0.3, 0.4) is 0 Å². The Morgan fingerprint density at radius 2 is 2.05 bits per heavy atom. The zero-order valence-electron chi connectivity index (χ0n) is 11.1. The number of aromatic nitrogens is 1. The summed E-state index contributed by atoms with van der Waals surface area (Å²) in [6.07, 6.45) is 2.77. The second-order valence-corrected chi connectivity index (χ2v) is 5.14. The van der Waals surface area contributed by atoms with Gasteiger partial charge in [0.05, 0.1) is 0 Å². The molecule has 0 radical (unpaired) electrons. The number of nitrogens with zero attached hydrogens (tertiary/aromatic N) is 1. The summed E-state index contributed by atoms with van der Waals surface area (Å²) in [5.74, 6) is 0. The summed E-state index contributed by atoms with van der Waals surface area (Å²) in [5, 5.41) is 14.0. The average Bonchev–Trinajstić information content (AvgIpc) is 2.93. The van der Waals surface area contributed by atoms with Gasteiger partial charge in [-0.05, 0) is 35.6 Å².